The van der Waals surface area contributed by atoms with Crippen LogP contribution in [0.3, 0.4) is 0 Å². The Kier molecular flexibility index (Phi) is 4.79. The average molecular weight is 410 g/mol. The van der Waals surface area contributed by atoms with E-state index >= 15 is 8.78 Å². The Labute approximate surface area is 163 Å². The summed E-state index contributed by atoms with van der Waals surface area (Å²) >= 11 is 0. The Morgan fingerprint density at radius 2 is 2.07 bits per heavy atom. The van der Waals surface area contributed by atoms with E-state index in [2.05, 4.69) is 4.74 Å². The number of hydrogen-bond donors (Lipinski definition) is 3. The molecule has 0 spiro atoms. The standard InChI is InChI=1S/C18H20F2N4O5/c19-12-14(22)11-15(13(20)16(12)23-3-4-28-9(5-21)6-23)24(8-1-2-8)7-10(17(11)25)29-18(26)27/h7-9H,1-6,21-22H2,(H,26,27). The second-order valence-corrected chi connectivity index (χ2v) is 7.12. The molecule has 4 rings (SSSR count). The molecule has 0 amide bonds. The monoisotopic (exact) mass is 410 g/mol. The Hall–Kier alpha value is -2.92. The number of fused-ring (bicyclic) bond motifs is 1. The van der Waals surface area contributed by atoms with Gasteiger partial charge in [-0.3, -0.25) is 4.79 Å². The van der Waals surface area contributed by atoms with Crippen LogP contribution in [0.15, 0.2) is 11.0 Å². The highest BCUT2D eigenvalue weighted by Crippen LogP contribution is 2.42. The van der Waals surface area contributed by atoms with Crippen molar-refractivity contribution >= 4 is 28.4 Å². The van der Waals surface area contributed by atoms with Crippen molar-refractivity contribution in [2.24, 2.45) is 5.73 Å². The minimum Gasteiger partial charge on any atom is -0.449 e. The lowest BCUT2D eigenvalue weighted by atomic mass is 10.1. The maximum atomic E-state index is 15.6. The summed E-state index contributed by atoms with van der Waals surface area (Å²) in [4.78, 5) is 25.1. The van der Waals surface area contributed by atoms with Gasteiger partial charge in [-0.05, 0) is 12.8 Å². The average Bonchev–Trinajstić information content (AvgIpc) is 3.52. The second-order valence-electron chi connectivity index (χ2n) is 7.12. The van der Waals surface area contributed by atoms with Crippen molar-refractivity contribution in [2.45, 2.75) is 25.0 Å². The lowest BCUT2D eigenvalue weighted by molar-refractivity contribution is 0.0461. The fraction of sp³-hybridized carbons (Fsp3) is 0.444. The predicted octanol–water partition coefficient (Wildman–Crippen LogP) is 1.42. The number of carboxylic acid groups (broad SMARTS) is 1. The zero-order valence-electron chi connectivity index (χ0n) is 15.4. The van der Waals surface area contributed by atoms with E-state index in [1.807, 2.05) is 0 Å². The van der Waals surface area contributed by atoms with E-state index in [4.69, 9.17) is 21.3 Å². The van der Waals surface area contributed by atoms with Crippen LogP contribution in [0.25, 0.3) is 10.9 Å². The van der Waals surface area contributed by atoms with Crippen molar-refractivity contribution in [2.75, 3.05) is 36.9 Å². The van der Waals surface area contributed by atoms with Crippen molar-refractivity contribution < 1.29 is 28.2 Å². The molecule has 1 atom stereocenters. The van der Waals surface area contributed by atoms with E-state index in [1.165, 1.54) is 9.47 Å². The van der Waals surface area contributed by atoms with Gasteiger partial charge in [0.25, 0.3) is 0 Å². The first-order valence-electron chi connectivity index (χ1n) is 9.16. The van der Waals surface area contributed by atoms with E-state index in [-0.39, 0.29) is 43.5 Å². The lowest BCUT2D eigenvalue weighted by Crippen LogP contribution is -2.46. The van der Waals surface area contributed by atoms with Gasteiger partial charge in [-0.25, -0.2) is 13.6 Å². The topological polar surface area (TPSA) is 133 Å². The van der Waals surface area contributed by atoms with Crippen LogP contribution in [0.4, 0.5) is 25.0 Å². The smallest absolute Gasteiger partial charge is 0.449 e. The third kappa shape index (κ3) is 3.25. The summed E-state index contributed by atoms with van der Waals surface area (Å²) in [6.07, 6.45) is 0.438. The SMILES string of the molecule is NCC1CN(c2c(F)c(N)c3c(=O)c(OC(=O)O)cn(C4CC4)c3c2F)CCO1. The van der Waals surface area contributed by atoms with Crippen LogP contribution >= 0.6 is 0 Å². The summed E-state index contributed by atoms with van der Waals surface area (Å²) in [6.45, 7) is 0.817. The predicted molar refractivity (Wildman–Crippen MR) is 100 cm³/mol. The number of halogens is 2. The molecular weight excluding hydrogens is 390 g/mol. The van der Waals surface area contributed by atoms with Crippen molar-refractivity contribution in [3.05, 3.63) is 28.1 Å². The first-order chi connectivity index (χ1) is 13.8. The Balaban J connectivity index is 1.98. The molecule has 1 aliphatic carbocycles. The Bertz CT molecular complexity index is 1050. The van der Waals surface area contributed by atoms with Crippen molar-refractivity contribution in [3.63, 3.8) is 0 Å². The lowest BCUT2D eigenvalue weighted by Gasteiger charge is -2.35. The molecule has 2 aliphatic rings. The fourth-order valence-corrected chi connectivity index (χ4v) is 3.68. The molecule has 1 aromatic heterocycles. The molecule has 2 fully saturated rings. The number of nitrogens with two attached hydrogens (primary N) is 2. The number of pyridine rings is 1. The van der Waals surface area contributed by atoms with Crippen molar-refractivity contribution in [3.8, 4) is 5.75 Å². The molecule has 2 heterocycles. The highest BCUT2D eigenvalue weighted by molar-refractivity contribution is 5.96. The molecule has 1 unspecified atom stereocenters. The zero-order chi connectivity index (χ0) is 20.9. The van der Waals surface area contributed by atoms with E-state index in [0.29, 0.717) is 12.8 Å². The molecule has 9 nitrogen and oxygen atoms in total. The first kappa shape index (κ1) is 19.4. The number of hydrogen-bond acceptors (Lipinski definition) is 7. The molecule has 1 aliphatic heterocycles. The number of benzene rings is 1. The minimum absolute atomic E-state index is 0.164. The van der Waals surface area contributed by atoms with E-state index < -0.39 is 46.1 Å². The van der Waals surface area contributed by atoms with Crippen molar-refractivity contribution in [1.29, 1.82) is 0 Å². The number of nitrogen functional groups attached to an aromatic ring is 1. The summed E-state index contributed by atoms with van der Waals surface area (Å²) in [5, 5.41) is 8.44. The summed E-state index contributed by atoms with van der Waals surface area (Å²) in [6, 6.07) is -0.164. The maximum absolute atomic E-state index is 15.6. The number of aromatic nitrogens is 1. The molecule has 5 N–H and O–H groups in total. The fourth-order valence-electron chi connectivity index (χ4n) is 3.68. The largest absolute Gasteiger partial charge is 0.511 e. The molecule has 1 saturated carbocycles. The molecule has 0 radical (unpaired) electrons. The molecule has 156 valence electrons. The van der Waals surface area contributed by atoms with Gasteiger partial charge in [0.15, 0.2) is 17.4 Å². The second kappa shape index (κ2) is 7.16. The normalized spacial score (nSPS) is 19.6. The van der Waals surface area contributed by atoms with Crippen LogP contribution in [0, 0.1) is 11.6 Å². The summed E-state index contributed by atoms with van der Waals surface area (Å²) in [5.74, 6) is -2.57. The Morgan fingerprint density at radius 1 is 1.34 bits per heavy atom. The van der Waals surface area contributed by atoms with Gasteiger partial charge in [0.1, 0.15) is 5.69 Å². The molecule has 2 aromatic rings. The first-order valence-corrected chi connectivity index (χ1v) is 9.16. The van der Waals surface area contributed by atoms with Crippen molar-refractivity contribution in [1.82, 2.24) is 4.57 Å². The van der Waals surface area contributed by atoms with Gasteiger partial charge in [-0.15, -0.1) is 0 Å². The van der Waals surface area contributed by atoms with Crippen LogP contribution in [0.2, 0.25) is 0 Å². The highest BCUT2D eigenvalue weighted by Gasteiger charge is 2.33. The number of ether oxygens (including phenoxy) is 2. The third-order valence-corrected chi connectivity index (χ3v) is 5.19. The molecule has 1 aromatic carbocycles. The molecule has 1 saturated heterocycles. The van der Waals surface area contributed by atoms with E-state index in [0.717, 1.165) is 6.20 Å². The van der Waals surface area contributed by atoms with Crippen LogP contribution in [-0.2, 0) is 4.74 Å². The van der Waals surface area contributed by atoms with Gasteiger partial charge in [0.2, 0.25) is 5.43 Å². The van der Waals surface area contributed by atoms with Gasteiger partial charge >= 0.3 is 6.16 Å². The van der Waals surface area contributed by atoms with E-state index in [9.17, 15) is 9.59 Å². The highest BCUT2D eigenvalue weighted by atomic mass is 19.1. The van der Waals surface area contributed by atoms with Crippen LogP contribution in [0.5, 0.6) is 5.75 Å². The van der Waals surface area contributed by atoms with Gasteiger partial charge < -0.3 is 35.5 Å². The number of anilines is 2. The number of nitrogens with zero attached hydrogens (tertiary/aromatic N) is 2. The quantitative estimate of drug-likeness (QED) is 0.509. The molecular formula is C18H20F2N4O5. The summed E-state index contributed by atoms with van der Waals surface area (Å²) < 4.78 is 42.1. The molecule has 29 heavy (non-hydrogen) atoms. The molecule has 11 heteroatoms. The van der Waals surface area contributed by atoms with E-state index in [1.54, 1.807) is 0 Å². The summed E-state index contributed by atoms with van der Waals surface area (Å²) in [7, 11) is 0. The maximum Gasteiger partial charge on any atom is 0.511 e. The summed E-state index contributed by atoms with van der Waals surface area (Å²) in [5.41, 5.74) is 9.48. The van der Waals surface area contributed by atoms with Crippen LogP contribution in [-0.4, -0.2) is 48.2 Å². The van der Waals surface area contributed by atoms with Crippen LogP contribution in [0.1, 0.15) is 18.9 Å². The van der Waals surface area contributed by atoms with Gasteiger partial charge in [-0.2, -0.15) is 0 Å². The Morgan fingerprint density at radius 3 is 2.69 bits per heavy atom. The zero-order valence-corrected chi connectivity index (χ0v) is 15.4. The number of carbonyl (C=O) groups is 1. The number of rotatable bonds is 4. The number of morpholine rings is 1. The third-order valence-electron chi connectivity index (χ3n) is 5.19. The van der Waals surface area contributed by atoms with Gasteiger partial charge in [0, 0.05) is 25.7 Å². The van der Waals surface area contributed by atoms with Crippen LogP contribution < -0.4 is 26.5 Å². The minimum atomic E-state index is -1.71. The van der Waals surface area contributed by atoms with Gasteiger partial charge in [0.05, 0.1) is 35.5 Å². The molecule has 0 bridgehead atoms. The van der Waals surface area contributed by atoms with Gasteiger partial charge in [-0.1, -0.05) is 0 Å².